The molecule has 0 unspecified atom stereocenters. The monoisotopic (exact) mass is 439 g/mol. The first-order valence-corrected chi connectivity index (χ1v) is 10.5. The Morgan fingerprint density at radius 1 is 1.16 bits per heavy atom. The Hall–Kier alpha value is -3.66. The average molecular weight is 439 g/mol. The van der Waals surface area contributed by atoms with Gasteiger partial charge < -0.3 is 11.1 Å². The number of nitrogens with zero attached hydrogens (tertiary/aromatic N) is 3. The van der Waals surface area contributed by atoms with Crippen LogP contribution in [0.1, 0.15) is 28.4 Å². The minimum Gasteiger partial charge on any atom is -0.366 e. The van der Waals surface area contributed by atoms with E-state index in [0.29, 0.717) is 12.4 Å². The number of benzene rings is 2. The van der Waals surface area contributed by atoms with Crippen LogP contribution in [0, 0.1) is 10.1 Å². The summed E-state index contributed by atoms with van der Waals surface area (Å²) in [5, 5.41) is 18.3. The van der Waals surface area contributed by atoms with E-state index in [-0.39, 0.29) is 27.8 Å². The first-order valence-electron chi connectivity index (χ1n) is 9.48. The zero-order chi connectivity index (χ0) is 22.4. The highest BCUT2D eigenvalue weighted by Gasteiger charge is 2.18. The first-order chi connectivity index (χ1) is 14.9. The maximum Gasteiger partial charge on any atom is 0.283 e. The lowest BCUT2D eigenvalue weighted by Crippen LogP contribution is -2.18. The average Bonchev–Trinajstić information content (AvgIpc) is 3.18. The molecule has 10 heteroatoms. The summed E-state index contributed by atoms with van der Waals surface area (Å²) in [6, 6.07) is 13.8. The van der Waals surface area contributed by atoms with Crippen LogP contribution in [0.2, 0.25) is 0 Å². The third-order valence-corrected chi connectivity index (χ3v) is 5.61. The molecular weight excluding hydrogens is 418 g/mol. The number of aromatic nitrogens is 2. The van der Waals surface area contributed by atoms with Crippen molar-refractivity contribution in [1.82, 2.24) is 9.78 Å². The molecule has 0 atom stereocenters. The molecule has 0 fully saturated rings. The van der Waals surface area contributed by atoms with Gasteiger partial charge in [-0.3, -0.25) is 19.7 Å². The van der Waals surface area contributed by atoms with Crippen LogP contribution in [-0.2, 0) is 17.8 Å². The largest absolute Gasteiger partial charge is 0.366 e. The number of nitrogens with two attached hydrogens (primary N) is 1. The number of hydrogen-bond acceptors (Lipinski definition) is 6. The summed E-state index contributed by atoms with van der Waals surface area (Å²) in [5.74, 6) is -0.604. The van der Waals surface area contributed by atoms with E-state index in [4.69, 9.17) is 5.73 Å². The van der Waals surface area contributed by atoms with Crippen LogP contribution in [0.15, 0.2) is 59.6 Å². The molecule has 0 aliphatic carbocycles. The lowest BCUT2D eigenvalue weighted by atomic mass is 10.1. The standard InChI is InChI=1S/C21H21N5O4S/c1-2-14-3-5-15(6-4-14)12-25-19(9-10-23-25)24-20(27)13-31-18-8-7-16(21(22)28)11-17(18)26(29)30/h3-11H,2,12-13H2,1H3,(H2,22,28)(H,24,27). The zero-order valence-corrected chi connectivity index (χ0v) is 17.6. The van der Waals surface area contributed by atoms with E-state index in [1.54, 1.807) is 16.9 Å². The van der Waals surface area contributed by atoms with Crippen molar-refractivity contribution in [3.05, 3.63) is 81.5 Å². The minimum absolute atomic E-state index is 0.0383. The van der Waals surface area contributed by atoms with Gasteiger partial charge in [0.15, 0.2) is 0 Å². The molecule has 9 nitrogen and oxygen atoms in total. The molecule has 3 N–H and O–H groups in total. The summed E-state index contributed by atoms with van der Waals surface area (Å²) < 4.78 is 1.67. The molecule has 0 spiro atoms. The highest BCUT2D eigenvalue weighted by molar-refractivity contribution is 8.00. The van der Waals surface area contributed by atoms with Crippen molar-refractivity contribution >= 4 is 35.1 Å². The van der Waals surface area contributed by atoms with Crippen LogP contribution < -0.4 is 11.1 Å². The van der Waals surface area contributed by atoms with Crippen molar-refractivity contribution < 1.29 is 14.5 Å². The fourth-order valence-corrected chi connectivity index (χ4v) is 3.68. The number of thioether (sulfide) groups is 1. The van der Waals surface area contributed by atoms with E-state index in [2.05, 4.69) is 29.5 Å². The van der Waals surface area contributed by atoms with E-state index in [9.17, 15) is 19.7 Å². The molecule has 3 rings (SSSR count). The van der Waals surface area contributed by atoms with Crippen LogP contribution in [0.25, 0.3) is 0 Å². The Kier molecular flexibility index (Phi) is 7.03. The van der Waals surface area contributed by atoms with Crippen molar-refractivity contribution in [3.8, 4) is 0 Å². The number of amides is 2. The van der Waals surface area contributed by atoms with Crippen LogP contribution in [0.4, 0.5) is 11.5 Å². The Bertz CT molecular complexity index is 1110. The predicted octanol–water partition coefficient (Wildman–Crippen LogP) is 3.23. The topological polar surface area (TPSA) is 133 Å². The maximum atomic E-state index is 12.4. The van der Waals surface area contributed by atoms with Gasteiger partial charge >= 0.3 is 0 Å². The van der Waals surface area contributed by atoms with Gasteiger partial charge in [-0.2, -0.15) is 5.10 Å². The van der Waals surface area contributed by atoms with Crippen molar-refractivity contribution in [2.24, 2.45) is 5.73 Å². The Labute approximate surface area is 182 Å². The van der Waals surface area contributed by atoms with Crippen molar-refractivity contribution in [2.45, 2.75) is 24.8 Å². The summed E-state index contributed by atoms with van der Waals surface area (Å²) in [7, 11) is 0. The molecule has 31 heavy (non-hydrogen) atoms. The summed E-state index contributed by atoms with van der Waals surface area (Å²) in [6.07, 6.45) is 2.56. The molecule has 1 aromatic heterocycles. The molecular formula is C21H21N5O4S. The number of nitrogens with one attached hydrogen (secondary N) is 1. The number of hydrogen-bond donors (Lipinski definition) is 2. The number of carbonyl (C=O) groups excluding carboxylic acids is 2. The molecule has 0 saturated heterocycles. The number of aryl methyl sites for hydroxylation is 1. The lowest BCUT2D eigenvalue weighted by molar-refractivity contribution is -0.387. The molecule has 160 valence electrons. The number of carbonyl (C=O) groups is 2. The molecule has 0 radical (unpaired) electrons. The second kappa shape index (κ2) is 9.90. The smallest absolute Gasteiger partial charge is 0.283 e. The first kappa shape index (κ1) is 22.0. The van der Waals surface area contributed by atoms with Gasteiger partial charge in [0.2, 0.25) is 11.8 Å². The van der Waals surface area contributed by atoms with Gasteiger partial charge in [0.1, 0.15) is 5.82 Å². The highest BCUT2D eigenvalue weighted by atomic mass is 32.2. The molecule has 0 saturated carbocycles. The number of anilines is 1. The Morgan fingerprint density at radius 3 is 2.52 bits per heavy atom. The highest BCUT2D eigenvalue weighted by Crippen LogP contribution is 2.30. The third-order valence-electron chi connectivity index (χ3n) is 4.55. The Morgan fingerprint density at radius 2 is 1.87 bits per heavy atom. The van der Waals surface area contributed by atoms with Gasteiger partial charge in [-0.05, 0) is 29.7 Å². The lowest BCUT2D eigenvalue weighted by Gasteiger charge is -2.10. The van der Waals surface area contributed by atoms with E-state index in [1.807, 2.05) is 12.1 Å². The molecule has 2 amide bonds. The molecule has 1 heterocycles. The molecule has 2 aromatic carbocycles. The van der Waals surface area contributed by atoms with E-state index in [0.717, 1.165) is 29.8 Å². The maximum absolute atomic E-state index is 12.4. The van der Waals surface area contributed by atoms with E-state index < -0.39 is 10.8 Å². The molecule has 0 aliphatic heterocycles. The molecule has 3 aromatic rings. The van der Waals surface area contributed by atoms with Crippen LogP contribution in [-0.4, -0.2) is 32.3 Å². The van der Waals surface area contributed by atoms with Gasteiger partial charge in [0.25, 0.3) is 5.69 Å². The van der Waals surface area contributed by atoms with Crippen molar-refractivity contribution in [1.29, 1.82) is 0 Å². The third kappa shape index (κ3) is 5.70. The number of nitro groups is 1. The predicted molar refractivity (Wildman–Crippen MR) is 118 cm³/mol. The number of rotatable bonds is 9. The van der Waals surface area contributed by atoms with Gasteiger partial charge in [0.05, 0.1) is 28.3 Å². The fourth-order valence-electron chi connectivity index (χ4n) is 2.88. The number of primary amides is 1. The van der Waals surface area contributed by atoms with Crippen LogP contribution >= 0.6 is 11.8 Å². The van der Waals surface area contributed by atoms with Crippen LogP contribution in [0.5, 0.6) is 0 Å². The number of nitro benzene ring substituents is 1. The summed E-state index contributed by atoms with van der Waals surface area (Å²) in [6.45, 7) is 2.59. The second-order valence-corrected chi connectivity index (χ2v) is 7.70. The summed E-state index contributed by atoms with van der Waals surface area (Å²) in [5.41, 5.74) is 7.24. The van der Waals surface area contributed by atoms with E-state index in [1.165, 1.54) is 17.7 Å². The van der Waals surface area contributed by atoms with Gasteiger partial charge in [-0.1, -0.05) is 31.2 Å². The van der Waals surface area contributed by atoms with Gasteiger partial charge in [-0.15, -0.1) is 11.8 Å². The van der Waals surface area contributed by atoms with Crippen LogP contribution in [0.3, 0.4) is 0 Å². The van der Waals surface area contributed by atoms with E-state index >= 15 is 0 Å². The second-order valence-electron chi connectivity index (χ2n) is 6.68. The minimum atomic E-state index is -0.755. The SMILES string of the molecule is CCc1ccc(Cn2nccc2NC(=O)CSc2ccc(C(N)=O)cc2[N+](=O)[O-])cc1. The Balaban J connectivity index is 1.64. The zero-order valence-electron chi connectivity index (χ0n) is 16.8. The molecule has 0 aliphatic rings. The van der Waals surface area contributed by atoms with Crippen molar-refractivity contribution in [2.75, 3.05) is 11.1 Å². The van der Waals surface area contributed by atoms with Crippen molar-refractivity contribution in [3.63, 3.8) is 0 Å². The summed E-state index contributed by atoms with van der Waals surface area (Å²) >= 11 is 1.00. The quantitative estimate of drug-likeness (QED) is 0.299. The van der Waals surface area contributed by atoms with Gasteiger partial charge in [-0.25, -0.2) is 4.68 Å². The fraction of sp³-hybridized carbons (Fsp3) is 0.190. The summed E-state index contributed by atoms with van der Waals surface area (Å²) in [4.78, 5) is 34.6. The van der Waals surface area contributed by atoms with Gasteiger partial charge in [0, 0.05) is 17.7 Å². The normalized spacial score (nSPS) is 10.6. The molecule has 0 bridgehead atoms.